The molecule has 4 nitrogen and oxygen atoms in total. The van der Waals surface area contributed by atoms with Crippen LogP contribution in [-0.2, 0) is 29.0 Å². The number of halogens is 2. The summed E-state index contributed by atoms with van der Waals surface area (Å²) in [7, 11) is 0. The Morgan fingerprint density at radius 2 is 1.65 bits per heavy atom. The van der Waals surface area contributed by atoms with Crippen LogP contribution >= 0.6 is 11.6 Å². The van der Waals surface area contributed by atoms with Crippen LogP contribution in [0.5, 0.6) is 0 Å². The van der Waals surface area contributed by atoms with Crippen molar-refractivity contribution >= 4 is 23.4 Å². The molecule has 0 aliphatic rings. The van der Waals surface area contributed by atoms with Crippen LogP contribution in [0.15, 0.2) is 78.9 Å². The predicted molar refractivity (Wildman–Crippen MR) is 134 cm³/mol. The second-order valence-corrected chi connectivity index (χ2v) is 8.88. The van der Waals surface area contributed by atoms with E-state index >= 15 is 0 Å². The van der Waals surface area contributed by atoms with E-state index in [0.717, 1.165) is 17.5 Å². The van der Waals surface area contributed by atoms with Gasteiger partial charge in [-0.3, -0.25) is 9.59 Å². The standard InChI is InChI=1S/C28H30ClFN2O2/c1-3-20(2)31-28(34)26(17-21-10-5-4-6-11-21)32(19-22-12-9-14-24(29)16-22)27(33)18-23-13-7-8-15-25(23)30/h4-16,20,26H,3,17-19H2,1-2H3,(H,31,34)/t20-,26+/m1/s1. The molecule has 0 bridgehead atoms. The normalized spacial score (nSPS) is 12.6. The molecule has 34 heavy (non-hydrogen) atoms. The van der Waals surface area contributed by atoms with Crippen molar-refractivity contribution < 1.29 is 14.0 Å². The van der Waals surface area contributed by atoms with Crippen LogP contribution in [-0.4, -0.2) is 28.8 Å². The lowest BCUT2D eigenvalue weighted by Crippen LogP contribution is -2.52. The van der Waals surface area contributed by atoms with Crippen LogP contribution in [0.1, 0.15) is 37.0 Å². The topological polar surface area (TPSA) is 49.4 Å². The van der Waals surface area contributed by atoms with Crippen molar-refractivity contribution in [3.63, 3.8) is 0 Å². The maximum Gasteiger partial charge on any atom is 0.243 e. The first-order valence-electron chi connectivity index (χ1n) is 11.5. The maximum absolute atomic E-state index is 14.4. The van der Waals surface area contributed by atoms with Crippen molar-refractivity contribution in [2.24, 2.45) is 0 Å². The molecule has 0 spiro atoms. The second kappa shape index (κ2) is 12.3. The number of hydrogen-bond acceptors (Lipinski definition) is 2. The molecular formula is C28H30ClFN2O2. The van der Waals surface area contributed by atoms with Crippen LogP contribution in [0.25, 0.3) is 0 Å². The van der Waals surface area contributed by atoms with Crippen LogP contribution in [0, 0.1) is 5.82 Å². The van der Waals surface area contributed by atoms with E-state index in [1.807, 2.05) is 56.3 Å². The van der Waals surface area contributed by atoms with Crippen molar-refractivity contribution in [1.82, 2.24) is 10.2 Å². The van der Waals surface area contributed by atoms with Crippen molar-refractivity contribution in [1.29, 1.82) is 0 Å². The van der Waals surface area contributed by atoms with Gasteiger partial charge in [-0.1, -0.05) is 79.2 Å². The molecule has 0 heterocycles. The van der Waals surface area contributed by atoms with Gasteiger partial charge in [0.15, 0.2) is 0 Å². The van der Waals surface area contributed by atoms with Gasteiger partial charge in [-0.25, -0.2) is 4.39 Å². The third kappa shape index (κ3) is 7.16. The summed E-state index contributed by atoms with van der Waals surface area (Å²) in [5.41, 5.74) is 2.02. The number of nitrogens with zero attached hydrogens (tertiary/aromatic N) is 1. The fourth-order valence-corrected chi connectivity index (χ4v) is 3.95. The van der Waals surface area contributed by atoms with E-state index in [-0.39, 0.29) is 30.8 Å². The molecule has 3 aromatic rings. The number of carbonyl (C=O) groups is 2. The SMILES string of the molecule is CC[C@@H](C)NC(=O)[C@H](Cc1ccccc1)N(Cc1cccc(Cl)c1)C(=O)Cc1ccccc1F. The van der Waals surface area contributed by atoms with E-state index in [9.17, 15) is 14.0 Å². The third-order valence-corrected chi connectivity index (χ3v) is 6.05. The highest BCUT2D eigenvalue weighted by Gasteiger charge is 2.31. The molecule has 0 radical (unpaired) electrons. The molecule has 0 aromatic heterocycles. The van der Waals surface area contributed by atoms with Gasteiger partial charge in [0.05, 0.1) is 6.42 Å². The zero-order valence-electron chi connectivity index (χ0n) is 19.5. The highest BCUT2D eigenvalue weighted by atomic mass is 35.5. The minimum atomic E-state index is -0.769. The number of hydrogen-bond donors (Lipinski definition) is 1. The molecule has 178 valence electrons. The first-order valence-corrected chi connectivity index (χ1v) is 11.9. The third-order valence-electron chi connectivity index (χ3n) is 5.81. The van der Waals surface area contributed by atoms with Crippen LogP contribution in [0.3, 0.4) is 0 Å². The van der Waals surface area contributed by atoms with Gasteiger partial charge >= 0.3 is 0 Å². The molecule has 0 saturated heterocycles. The van der Waals surface area contributed by atoms with E-state index in [2.05, 4.69) is 5.32 Å². The zero-order chi connectivity index (χ0) is 24.5. The minimum absolute atomic E-state index is 0.0412. The van der Waals surface area contributed by atoms with Crippen molar-refractivity contribution in [3.05, 3.63) is 106 Å². The number of carbonyl (C=O) groups excluding carboxylic acids is 2. The van der Waals surface area contributed by atoms with Crippen molar-refractivity contribution in [2.45, 2.75) is 51.7 Å². The van der Waals surface area contributed by atoms with E-state index in [4.69, 9.17) is 11.6 Å². The van der Waals surface area contributed by atoms with Gasteiger partial charge in [-0.15, -0.1) is 0 Å². The number of rotatable bonds is 10. The lowest BCUT2D eigenvalue weighted by molar-refractivity contribution is -0.141. The fourth-order valence-electron chi connectivity index (χ4n) is 3.73. The van der Waals surface area contributed by atoms with Gasteiger partial charge in [-0.05, 0) is 48.2 Å². The first-order chi connectivity index (χ1) is 16.4. The van der Waals surface area contributed by atoms with E-state index < -0.39 is 11.9 Å². The van der Waals surface area contributed by atoms with E-state index in [1.165, 1.54) is 6.07 Å². The summed E-state index contributed by atoms with van der Waals surface area (Å²) < 4.78 is 14.4. The Morgan fingerprint density at radius 1 is 0.971 bits per heavy atom. The Bertz CT molecular complexity index is 1110. The molecule has 0 unspecified atom stereocenters. The lowest BCUT2D eigenvalue weighted by Gasteiger charge is -2.32. The second-order valence-electron chi connectivity index (χ2n) is 8.44. The summed E-state index contributed by atoms with van der Waals surface area (Å²) in [5.74, 6) is -1.00. The van der Waals surface area contributed by atoms with Crippen molar-refractivity contribution in [2.75, 3.05) is 0 Å². The highest BCUT2D eigenvalue weighted by Crippen LogP contribution is 2.19. The summed E-state index contributed by atoms with van der Waals surface area (Å²) >= 11 is 6.19. The Labute approximate surface area is 205 Å². The molecule has 1 N–H and O–H groups in total. The summed E-state index contributed by atoms with van der Waals surface area (Å²) in [4.78, 5) is 28.6. The molecule has 0 aliphatic heterocycles. The van der Waals surface area contributed by atoms with Gasteiger partial charge in [-0.2, -0.15) is 0 Å². The first kappa shape index (κ1) is 25.4. The lowest BCUT2D eigenvalue weighted by atomic mass is 10.0. The van der Waals surface area contributed by atoms with Gasteiger partial charge < -0.3 is 10.2 Å². The highest BCUT2D eigenvalue weighted by molar-refractivity contribution is 6.30. The monoisotopic (exact) mass is 480 g/mol. The maximum atomic E-state index is 14.4. The predicted octanol–water partition coefficient (Wildman–Crippen LogP) is 5.58. The van der Waals surface area contributed by atoms with Gasteiger partial charge in [0.2, 0.25) is 11.8 Å². The van der Waals surface area contributed by atoms with Crippen molar-refractivity contribution in [3.8, 4) is 0 Å². The largest absolute Gasteiger partial charge is 0.352 e. The van der Waals surface area contributed by atoms with Crippen LogP contribution in [0.4, 0.5) is 4.39 Å². The quantitative estimate of drug-likeness (QED) is 0.412. The molecular weight excluding hydrogens is 451 g/mol. The summed E-state index contributed by atoms with van der Waals surface area (Å²) in [5, 5.41) is 3.57. The average molecular weight is 481 g/mol. The molecule has 2 amide bonds. The number of benzene rings is 3. The van der Waals surface area contributed by atoms with Crippen LogP contribution < -0.4 is 5.32 Å². The Kier molecular flexibility index (Phi) is 9.23. The van der Waals surface area contributed by atoms with E-state index in [1.54, 1.807) is 35.2 Å². The van der Waals surface area contributed by atoms with Crippen LogP contribution in [0.2, 0.25) is 5.02 Å². The Hall–Kier alpha value is -3.18. The molecule has 0 aliphatic carbocycles. The molecule has 2 atom stereocenters. The fraction of sp³-hybridized carbons (Fsp3) is 0.286. The molecule has 3 rings (SSSR count). The smallest absolute Gasteiger partial charge is 0.243 e. The van der Waals surface area contributed by atoms with Gasteiger partial charge in [0.25, 0.3) is 0 Å². The molecule has 6 heteroatoms. The minimum Gasteiger partial charge on any atom is -0.352 e. The summed E-state index contributed by atoms with van der Waals surface area (Å²) in [6, 6.07) is 22.2. The number of nitrogens with one attached hydrogen (secondary N) is 1. The Morgan fingerprint density at radius 3 is 2.32 bits per heavy atom. The van der Waals surface area contributed by atoms with Gasteiger partial charge in [0.1, 0.15) is 11.9 Å². The molecule has 0 saturated carbocycles. The average Bonchev–Trinajstić information content (AvgIpc) is 2.83. The summed E-state index contributed by atoms with van der Waals surface area (Å²) in [6.07, 6.45) is 0.961. The summed E-state index contributed by atoms with van der Waals surface area (Å²) in [6.45, 7) is 4.10. The molecule has 0 fully saturated rings. The van der Waals surface area contributed by atoms with E-state index in [0.29, 0.717) is 17.0 Å². The van der Waals surface area contributed by atoms with Gasteiger partial charge in [0, 0.05) is 24.0 Å². The zero-order valence-corrected chi connectivity index (χ0v) is 20.3. The molecule has 3 aromatic carbocycles. The Balaban J connectivity index is 1.98. The number of amides is 2.